The van der Waals surface area contributed by atoms with Gasteiger partial charge in [0, 0.05) is 6.54 Å². The number of hydrogen-bond donors (Lipinski definition) is 1. The highest BCUT2D eigenvalue weighted by Crippen LogP contribution is 2.18. The molecule has 124 valence electrons. The van der Waals surface area contributed by atoms with Crippen molar-refractivity contribution in [1.82, 2.24) is 9.13 Å². The van der Waals surface area contributed by atoms with E-state index in [9.17, 15) is 14.7 Å². The summed E-state index contributed by atoms with van der Waals surface area (Å²) in [6, 6.07) is 14.6. The standard InChI is InChI=1S/C19H20N2O3/c1-2-3-11-20-16-10-9-15(18(22)23)12-17(16)21(19(20)24)13-14-7-5-4-6-8-14/h4-10,12H,2-3,11,13H2,1H3,(H,22,23). The van der Waals surface area contributed by atoms with Gasteiger partial charge in [-0.2, -0.15) is 0 Å². The monoisotopic (exact) mass is 324 g/mol. The van der Waals surface area contributed by atoms with E-state index < -0.39 is 5.97 Å². The van der Waals surface area contributed by atoms with Crippen LogP contribution in [-0.2, 0) is 13.1 Å². The van der Waals surface area contributed by atoms with Crippen LogP contribution in [0.4, 0.5) is 0 Å². The van der Waals surface area contributed by atoms with Crippen LogP contribution < -0.4 is 5.69 Å². The largest absolute Gasteiger partial charge is 0.478 e. The van der Waals surface area contributed by atoms with Crippen molar-refractivity contribution in [2.75, 3.05) is 0 Å². The lowest BCUT2D eigenvalue weighted by molar-refractivity contribution is 0.0697. The molecule has 0 bridgehead atoms. The van der Waals surface area contributed by atoms with Crippen LogP contribution in [0.2, 0.25) is 0 Å². The van der Waals surface area contributed by atoms with E-state index in [-0.39, 0.29) is 11.3 Å². The Kier molecular flexibility index (Phi) is 4.51. The topological polar surface area (TPSA) is 64.2 Å². The number of unbranched alkanes of at least 4 members (excludes halogenated alkanes) is 1. The summed E-state index contributed by atoms with van der Waals surface area (Å²) in [5, 5.41) is 9.25. The van der Waals surface area contributed by atoms with Crippen LogP contribution >= 0.6 is 0 Å². The van der Waals surface area contributed by atoms with E-state index in [1.807, 2.05) is 30.3 Å². The molecule has 1 aromatic heterocycles. The summed E-state index contributed by atoms with van der Waals surface area (Å²) in [4.78, 5) is 24.1. The number of rotatable bonds is 6. The first-order valence-electron chi connectivity index (χ1n) is 8.12. The van der Waals surface area contributed by atoms with Crippen LogP contribution in [0.15, 0.2) is 53.3 Å². The summed E-state index contributed by atoms with van der Waals surface area (Å²) in [6.07, 6.45) is 1.90. The van der Waals surface area contributed by atoms with E-state index >= 15 is 0 Å². The van der Waals surface area contributed by atoms with Gasteiger partial charge < -0.3 is 5.11 Å². The zero-order valence-corrected chi connectivity index (χ0v) is 13.6. The number of fused-ring (bicyclic) bond motifs is 1. The maximum atomic E-state index is 12.9. The molecule has 0 atom stereocenters. The van der Waals surface area contributed by atoms with Gasteiger partial charge in [0.05, 0.1) is 23.1 Å². The van der Waals surface area contributed by atoms with Crippen LogP contribution in [0.5, 0.6) is 0 Å². The minimum absolute atomic E-state index is 0.0927. The third-order valence-electron chi connectivity index (χ3n) is 4.18. The molecule has 0 fully saturated rings. The molecule has 0 aliphatic heterocycles. The van der Waals surface area contributed by atoms with Gasteiger partial charge in [-0.1, -0.05) is 43.7 Å². The lowest BCUT2D eigenvalue weighted by atomic mass is 10.2. The zero-order valence-electron chi connectivity index (χ0n) is 13.6. The minimum atomic E-state index is -0.989. The van der Waals surface area contributed by atoms with Gasteiger partial charge in [-0.25, -0.2) is 9.59 Å². The van der Waals surface area contributed by atoms with E-state index in [1.165, 1.54) is 0 Å². The second kappa shape index (κ2) is 6.74. The summed E-state index contributed by atoms with van der Waals surface area (Å²) in [5.41, 5.74) is 2.56. The fourth-order valence-corrected chi connectivity index (χ4v) is 2.90. The molecule has 5 nitrogen and oxygen atoms in total. The summed E-state index contributed by atoms with van der Waals surface area (Å²) in [6.45, 7) is 3.15. The van der Waals surface area contributed by atoms with Gasteiger partial charge in [0.2, 0.25) is 0 Å². The van der Waals surface area contributed by atoms with Crippen molar-refractivity contribution in [3.63, 3.8) is 0 Å². The fourth-order valence-electron chi connectivity index (χ4n) is 2.90. The van der Waals surface area contributed by atoms with Gasteiger partial charge in [-0.3, -0.25) is 9.13 Å². The highest BCUT2D eigenvalue weighted by Gasteiger charge is 2.15. The molecule has 5 heteroatoms. The highest BCUT2D eigenvalue weighted by molar-refractivity contribution is 5.92. The van der Waals surface area contributed by atoms with Gasteiger partial charge in [0.1, 0.15) is 0 Å². The van der Waals surface area contributed by atoms with Gasteiger partial charge in [-0.05, 0) is 30.2 Å². The number of benzene rings is 2. The maximum absolute atomic E-state index is 12.9. The molecule has 0 aliphatic carbocycles. The van der Waals surface area contributed by atoms with Crippen LogP contribution in [0.25, 0.3) is 11.0 Å². The molecule has 0 aliphatic rings. The Morgan fingerprint density at radius 1 is 1.04 bits per heavy atom. The summed E-state index contributed by atoms with van der Waals surface area (Å²) in [7, 11) is 0. The lowest BCUT2D eigenvalue weighted by Gasteiger charge is -2.04. The van der Waals surface area contributed by atoms with Crippen molar-refractivity contribution in [2.24, 2.45) is 0 Å². The molecular weight excluding hydrogens is 304 g/mol. The van der Waals surface area contributed by atoms with Crippen molar-refractivity contribution in [1.29, 1.82) is 0 Å². The third kappa shape index (κ3) is 2.97. The number of aryl methyl sites for hydroxylation is 1. The lowest BCUT2D eigenvalue weighted by Crippen LogP contribution is -2.24. The Bertz CT molecular complexity index is 923. The minimum Gasteiger partial charge on any atom is -0.478 e. The summed E-state index contributed by atoms with van der Waals surface area (Å²) in [5.74, 6) is -0.989. The number of carboxylic acids is 1. The van der Waals surface area contributed by atoms with Crippen molar-refractivity contribution in [3.8, 4) is 0 Å². The van der Waals surface area contributed by atoms with Gasteiger partial charge in [0.15, 0.2) is 0 Å². The predicted molar refractivity (Wildman–Crippen MR) is 93.6 cm³/mol. The number of hydrogen-bond acceptors (Lipinski definition) is 2. The summed E-state index contributed by atoms with van der Waals surface area (Å²) < 4.78 is 3.40. The number of carbonyl (C=O) groups is 1. The number of nitrogens with zero attached hydrogens (tertiary/aromatic N) is 2. The number of carboxylic acid groups (broad SMARTS) is 1. The van der Waals surface area contributed by atoms with Gasteiger partial charge >= 0.3 is 11.7 Å². The SMILES string of the molecule is CCCCn1c(=O)n(Cc2ccccc2)c2cc(C(=O)O)ccc21. The number of imidazole rings is 1. The first-order valence-corrected chi connectivity index (χ1v) is 8.12. The van der Waals surface area contributed by atoms with E-state index in [4.69, 9.17) is 0 Å². The molecule has 0 radical (unpaired) electrons. The van der Waals surface area contributed by atoms with Gasteiger partial charge in [0.25, 0.3) is 0 Å². The van der Waals surface area contributed by atoms with Crippen LogP contribution in [0.3, 0.4) is 0 Å². The molecule has 0 amide bonds. The normalized spacial score (nSPS) is 11.0. The maximum Gasteiger partial charge on any atom is 0.335 e. The fraction of sp³-hybridized carbons (Fsp3) is 0.263. The third-order valence-corrected chi connectivity index (χ3v) is 4.18. The van der Waals surface area contributed by atoms with E-state index in [0.717, 1.165) is 23.9 Å². The molecule has 0 spiro atoms. The number of aromatic carboxylic acids is 1. The molecule has 0 saturated carbocycles. The van der Waals surface area contributed by atoms with E-state index in [1.54, 1.807) is 27.3 Å². The van der Waals surface area contributed by atoms with E-state index in [2.05, 4.69) is 6.92 Å². The zero-order chi connectivity index (χ0) is 17.1. The Morgan fingerprint density at radius 2 is 1.79 bits per heavy atom. The van der Waals surface area contributed by atoms with Crippen LogP contribution in [0.1, 0.15) is 35.7 Å². The quantitative estimate of drug-likeness (QED) is 0.756. The first kappa shape index (κ1) is 16.1. The number of aromatic nitrogens is 2. The molecule has 3 rings (SSSR count). The molecule has 2 aromatic carbocycles. The molecule has 24 heavy (non-hydrogen) atoms. The molecule has 0 saturated heterocycles. The molecule has 1 heterocycles. The summed E-state index contributed by atoms with van der Waals surface area (Å²) >= 11 is 0. The van der Waals surface area contributed by atoms with Crippen molar-refractivity contribution in [3.05, 3.63) is 70.1 Å². The Morgan fingerprint density at radius 3 is 2.46 bits per heavy atom. The van der Waals surface area contributed by atoms with Crippen LogP contribution in [0, 0.1) is 0 Å². The van der Waals surface area contributed by atoms with Crippen molar-refractivity contribution >= 4 is 17.0 Å². The first-order chi connectivity index (χ1) is 11.6. The Labute approximate surface area is 139 Å². The Hall–Kier alpha value is -2.82. The highest BCUT2D eigenvalue weighted by atomic mass is 16.4. The van der Waals surface area contributed by atoms with Crippen molar-refractivity contribution < 1.29 is 9.90 Å². The van der Waals surface area contributed by atoms with E-state index in [0.29, 0.717) is 18.6 Å². The second-order valence-corrected chi connectivity index (χ2v) is 5.87. The average molecular weight is 324 g/mol. The average Bonchev–Trinajstić information content (AvgIpc) is 2.85. The molecular formula is C19H20N2O3. The molecule has 0 unspecified atom stereocenters. The molecule has 3 aromatic rings. The predicted octanol–water partition coefficient (Wildman–Crippen LogP) is 3.35. The second-order valence-electron chi connectivity index (χ2n) is 5.87. The van der Waals surface area contributed by atoms with Crippen molar-refractivity contribution in [2.45, 2.75) is 32.9 Å². The molecule has 1 N–H and O–H groups in total. The smallest absolute Gasteiger partial charge is 0.335 e. The van der Waals surface area contributed by atoms with Crippen LogP contribution in [-0.4, -0.2) is 20.2 Å². The van der Waals surface area contributed by atoms with Gasteiger partial charge in [-0.15, -0.1) is 0 Å². The Balaban J connectivity index is 2.17.